The minimum Gasteiger partial charge on any atom is -0.396 e. The molecule has 1 aliphatic heterocycles. The quantitative estimate of drug-likeness (QED) is 0.503. The molecule has 1 saturated heterocycles. The Morgan fingerprint density at radius 3 is 2.65 bits per heavy atom. The lowest BCUT2D eigenvalue weighted by molar-refractivity contribution is -0.143. The first-order valence-corrected chi connectivity index (χ1v) is 10.3. The van der Waals surface area contributed by atoms with Crippen molar-refractivity contribution in [3.05, 3.63) is 60.3 Å². The molecule has 3 aromatic rings. The van der Waals surface area contributed by atoms with Crippen LogP contribution in [0.2, 0.25) is 0 Å². The standard InChI is InChI=1S/C23H25N5O3/c1-28-13-10-23(31,21(28)30)17-6-2-5-16(15-17)18-7-3-8-19(26-18)20-9-12-25-22(27-20)24-11-4-14-29/h2-3,5-9,12,15,29,31H,4,10-11,13-14H2,1H3,(H,24,25,27)/t23-/m1/s1. The van der Waals surface area contributed by atoms with Crippen molar-refractivity contribution in [2.24, 2.45) is 0 Å². The second-order valence-electron chi connectivity index (χ2n) is 7.60. The van der Waals surface area contributed by atoms with E-state index in [1.807, 2.05) is 36.4 Å². The van der Waals surface area contributed by atoms with Crippen molar-refractivity contribution in [2.75, 3.05) is 32.1 Å². The molecule has 2 aromatic heterocycles. The summed E-state index contributed by atoms with van der Waals surface area (Å²) in [6, 6.07) is 14.8. The molecule has 4 rings (SSSR count). The largest absolute Gasteiger partial charge is 0.396 e. The Morgan fingerprint density at radius 2 is 1.87 bits per heavy atom. The van der Waals surface area contributed by atoms with Gasteiger partial charge in [-0.15, -0.1) is 0 Å². The van der Waals surface area contributed by atoms with Gasteiger partial charge in [0.1, 0.15) is 0 Å². The molecule has 8 nitrogen and oxygen atoms in total. The Hall–Kier alpha value is -3.36. The Bertz CT molecular complexity index is 1090. The number of nitrogens with zero attached hydrogens (tertiary/aromatic N) is 4. The van der Waals surface area contributed by atoms with Gasteiger partial charge in [-0.1, -0.05) is 24.3 Å². The summed E-state index contributed by atoms with van der Waals surface area (Å²) < 4.78 is 0. The maximum atomic E-state index is 12.5. The number of aliphatic hydroxyl groups is 2. The molecule has 3 N–H and O–H groups in total. The predicted octanol–water partition coefficient (Wildman–Crippen LogP) is 2.05. The van der Waals surface area contributed by atoms with Gasteiger partial charge < -0.3 is 20.4 Å². The molecule has 1 amide bonds. The van der Waals surface area contributed by atoms with Crippen LogP contribution in [0.5, 0.6) is 0 Å². The van der Waals surface area contributed by atoms with Crippen LogP contribution in [0.1, 0.15) is 18.4 Å². The van der Waals surface area contributed by atoms with Crippen molar-refractivity contribution in [1.29, 1.82) is 0 Å². The number of benzene rings is 1. The number of anilines is 1. The normalized spacial score (nSPS) is 18.4. The van der Waals surface area contributed by atoms with Crippen molar-refractivity contribution >= 4 is 11.9 Å². The van der Waals surface area contributed by atoms with Gasteiger partial charge in [-0.25, -0.2) is 15.0 Å². The van der Waals surface area contributed by atoms with Gasteiger partial charge in [0.05, 0.1) is 17.1 Å². The summed E-state index contributed by atoms with van der Waals surface area (Å²) in [5.74, 6) is 0.194. The number of likely N-dealkylation sites (N-methyl/N-ethyl adjacent to an activating group) is 1. The lowest BCUT2D eigenvalue weighted by atomic mass is 9.90. The molecule has 8 heteroatoms. The van der Waals surface area contributed by atoms with Crippen LogP contribution in [0.15, 0.2) is 54.7 Å². The molecule has 1 aliphatic rings. The highest BCUT2D eigenvalue weighted by atomic mass is 16.3. The molecule has 0 bridgehead atoms. The topological polar surface area (TPSA) is 111 Å². The number of rotatable bonds is 7. The Kier molecular flexibility index (Phi) is 5.92. The number of aliphatic hydroxyl groups excluding tert-OH is 1. The Morgan fingerprint density at radius 1 is 1.10 bits per heavy atom. The van der Waals surface area contributed by atoms with Crippen LogP contribution in [0, 0.1) is 0 Å². The molecule has 1 atom stereocenters. The molecule has 3 heterocycles. The number of nitrogens with one attached hydrogen (secondary N) is 1. The molecule has 1 aromatic carbocycles. The van der Waals surface area contributed by atoms with Gasteiger partial charge in [0.25, 0.3) is 5.91 Å². The van der Waals surface area contributed by atoms with E-state index in [-0.39, 0.29) is 12.5 Å². The fraction of sp³-hybridized carbons (Fsp3) is 0.304. The molecule has 0 saturated carbocycles. The van der Waals surface area contributed by atoms with Crippen LogP contribution in [0.3, 0.4) is 0 Å². The first kappa shape index (κ1) is 20.9. The summed E-state index contributed by atoms with van der Waals surface area (Å²) in [7, 11) is 1.70. The Balaban J connectivity index is 1.63. The van der Waals surface area contributed by atoms with E-state index in [1.54, 1.807) is 30.3 Å². The van der Waals surface area contributed by atoms with E-state index < -0.39 is 5.60 Å². The van der Waals surface area contributed by atoms with E-state index in [4.69, 9.17) is 10.1 Å². The number of aromatic nitrogens is 3. The van der Waals surface area contributed by atoms with E-state index >= 15 is 0 Å². The number of likely N-dealkylation sites (tertiary alicyclic amines) is 1. The molecule has 0 radical (unpaired) electrons. The molecule has 0 unspecified atom stereocenters. The molecular weight excluding hydrogens is 394 g/mol. The maximum absolute atomic E-state index is 12.5. The smallest absolute Gasteiger partial charge is 0.258 e. The zero-order chi connectivity index (χ0) is 21.8. The molecule has 0 aliphatic carbocycles. The monoisotopic (exact) mass is 419 g/mol. The van der Waals surface area contributed by atoms with Crippen molar-refractivity contribution in [1.82, 2.24) is 19.9 Å². The van der Waals surface area contributed by atoms with Crippen LogP contribution < -0.4 is 5.32 Å². The minimum atomic E-state index is -1.50. The third-order valence-electron chi connectivity index (χ3n) is 5.43. The summed E-state index contributed by atoms with van der Waals surface area (Å²) in [6.45, 7) is 1.21. The van der Waals surface area contributed by atoms with E-state index in [9.17, 15) is 9.90 Å². The second-order valence-corrected chi connectivity index (χ2v) is 7.60. The molecule has 31 heavy (non-hydrogen) atoms. The fourth-order valence-electron chi connectivity index (χ4n) is 3.66. The fourth-order valence-corrected chi connectivity index (χ4v) is 3.66. The van der Waals surface area contributed by atoms with Crippen molar-refractivity contribution < 1.29 is 15.0 Å². The lowest BCUT2D eigenvalue weighted by Gasteiger charge is -2.21. The zero-order valence-electron chi connectivity index (χ0n) is 17.3. The van der Waals surface area contributed by atoms with Gasteiger partial charge in [0, 0.05) is 44.9 Å². The van der Waals surface area contributed by atoms with Crippen LogP contribution in [0.4, 0.5) is 5.95 Å². The zero-order valence-corrected chi connectivity index (χ0v) is 17.3. The summed E-state index contributed by atoms with van der Waals surface area (Å²) in [4.78, 5) is 27.5. The lowest BCUT2D eigenvalue weighted by Crippen LogP contribution is -2.36. The van der Waals surface area contributed by atoms with E-state index in [0.29, 0.717) is 48.8 Å². The summed E-state index contributed by atoms with van der Waals surface area (Å²) in [5.41, 5.74) is 1.96. The SMILES string of the molecule is CN1CC[C@@](O)(c2cccc(-c3cccc(-c4ccnc(NCCCO)n4)n3)c2)C1=O. The third-order valence-corrected chi connectivity index (χ3v) is 5.43. The van der Waals surface area contributed by atoms with Crippen molar-refractivity contribution in [2.45, 2.75) is 18.4 Å². The highest BCUT2D eigenvalue weighted by molar-refractivity contribution is 5.88. The van der Waals surface area contributed by atoms with Crippen molar-refractivity contribution in [3.63, 3.8) is 0 Å². The van der Waals surface area contributed by atoms with Gasteiger partial charge in [-0.05, 0) is 36.2 Å². The number of pyridine rings is 1. The van der Waals surface area contributed by atoms with Gasteiger partial charge in [-0.3, -0.25) is 4.79 Å². The van der Waals surface area contributed by atoms with Crippen LogP contribution in [-0.4, -0.2) is 62.7 Å². The highest BCUT2D eigenvalue weighted by Gasteiger charge is 2.45. The number of hydrogen-bond acceptors (Lipinski definition) is 7. The number of carbonyl (C=O) groups excluding carboxylic acids is 1. The third kappa shape index (κ3) is 4.26. The Labute approximate surface area is 180 Å². The van der Waals surface area contributed by atoms with Crippen LogP contribution in [0.25, 0.3) is 22.6 Å². The van der Waals surface area contributed by atoms with Gasteiger partial charge in [0.2, 0.25) is 5.95 Å². The summed E-state index contributed by atoms with van der Waals surface area (Å²) in [5, 5.41) is 23.0. The average molecular weight is 419 g/mol. The molecule has 160 valence electrons. The average Bonchev–Trinajstić information content (AvgIpc) is 3.08. The number of carbonyl (C=O) groups is 1. The minimum absolute atomic E-state index is 0.104. The van der Waals surface area contributed by atoms with E-state index in [0.717, 1.165) is 11.3 Å². The molecule has 0 spiro atoms. The summed E-state index contributed by atoms with van der Waals surface area (Å²) >= 11 is 0. The van der Waals surface area contributed by atoms with Gasteiger partial charge in [-0.2, -0.15) is 0 Å². The number of amides is 1. The molecular formula is C23H25N5O3. The summed E-state index contributed by atoms with van der Waals surface area (Å²) in [6.07, 6.45) is 2.64. The van der Waals surface area contributed by atoms with E-state index in [2.05, 4.69) is 15.3 Å². The van der Waals surface area contributed by atoms with E-state index in [1.165, 1.54) is 0 Å². The first-order chi connectivity index (χ1) is 15.0. The van der Waals surface area contributed by atoms with Crippen LogP contribution in [-0.2, 0) is 10.4 Å². The van der Waals surface area contributed by atoms with Crippen LogP contribution >= 0.6 is 0 Å². The number of hydrogen-bond donors (Lipinski definition) is 3. The first-order valence-electron chi connectivity index (χ1n) is 10.3. The second kappa shape index (κ2) is 8.79. The predicted molar refractivity (Wildman–Crippen MR) is 117 cm³/mol. The molecule has 1 fully saturated rings. The van der Waals surface area contributed by atoms with Crippen molar-refractivity contribution in [3.8, 4) is 22.6 Å². The van der Waals surface area contributed by atoms with Gasteiger partial charge >= 0.3 is 0 Å². The maximum Gasteiger partial charge on any atom is 0.258 e. The highest BCUT2D eigenvalue weighted by Crippen LogP contribution is 2.34. The van der Waals surface area contributed by atoms with Gasteiger partial charge in [0.15, 0.2) is 5.60 Å².